The van der Waals surface area contributed by atoms with Crippen molar-refractivity contribution < 1.29 is 18.7 Å². The van der Waals surface area contributed by atoms with Crippen LogP contribution in [0.1, 0.15) is 49.9 Å². The van der Waals surface area contributed by atoms with Crippen LogP contribution < -0.4 is 10.1 Å². The van der Waals surface area contributed by atoms with Gasteiger partial charge in [0.2, 0.25) is 0 Å². The maximum absolute atomic E-state index is 13.3. The number of Topliss-reactive ketones (excluding diaryl/α,β-unsaturated/α-hetero) is 1. The van der Waals surface area contributed by atoms with Gasteiger partial charge in [-0.1, -0.05) is 12.8 Å². The van der Waals surface area contributed by atoms with Crippen LogP contribution in [0.5, 0.6) is 5.75 Å². The molecule has 1 saturated carbocycles. The number of hydrogen-bond acceptors (Lipinski definition) is 3. The molecule has 1 aromatic rings. The van der Waals surface area contributed by atoms with Gasteiger partial charge in [-0.15, -0.1) is 0 Å². The minimum Gasteiger partial charge on any atom is -0.480 e. The average molecular weight is 293 g/mol. The zero-order valence-corrected chi connectivity index (χ0v) is 12.3. The Hall–Kier alpha value is -1.91. The summed E-state index contributed by atoms with van der Waals surface area (Å²) in [4.78, 5) is 23.6. The van der Waals surface area contributed by atoms with Gasteiger partial charge in [-0.25, -0.2) is 4.39 Å². The monoisotopic (exact) mass is 293 g/mol. The van der Waals surface area contributed by atoms with E-state index in [9.17, 15) is 14.0 Å². The number of benzene rings is 1. The van der Waals surface area contributed by atoms with Crippen LogP contribution in [0.3, 0.4) is 0 Å². The van der Waals surface area contributed by atoms with Crippen molar-refractivity contribution in [2.45, 2.75) is 51.7 Å². The van der Waals surface area contributed by atoms with Crippen LogP contribution in [0, 0.1) is 5.82 Å². The topological polar surface area (TPSA) is 55.4 Å². The van der Waals surface area contributed by atoms with Gasteiger partial charge in [-0.2, -0.15) is 0 Å². The Morgan fingerprint density at radius 2 is 2.00 bits per heavy atom. The standard InChI is InChI=1S/C16H20FNO3/c1-10(19)14-8-7-12(17)9-15(14)21-11(2)16(20)18-13-5-3-4-6-13/h7-9,11,13H,3-6H2,1-2H3,(H,18,20). The molecule has 0 aromatic heterocycles. The third-order valence-corrected chi connectivity index (χ3v) is 3.70. The second-order valence-corrected chi connectivity index (χ2v) is 5.45. The molecule has 1 aliphatic carbocycles. The lowest BCUT2D eigenvalue weighted by Gasteiger charge is -2.19. The summed E-state index contributed by atoms with van der Waals surface area (Å²) >= 11 is 0. The van der Waals surface area contributed by atoms with Gasteiger partial charge in [-0.05, 0) is 38.8 Å². The lowest BCUT2D eigenvalue weighted by molar-refractivity contribution is -0.128. The summed E-state index contributed by atoms with van der Waals surface area (Å²) in [6.07, 6.45) is 3.44. The van der Waals surface area contributed by atoms with E-state index in [1.165, 1.54) is 19.1 Å². The van der Waals surface area contributed by atoms with Crippen LogP contribution in [-0.4, -0.2) is 23.8 Å². The molecule has 114 valence electrons. The van der Waals surface area contributed by atoms with Crippen molar-refractivity contribution in [3.8, 4) is 5.75 Å². The van der Waals surface area contributed by atoms with Crippen molar-refractivity contribution in [1.29, 1.82) is 0 Å². The molecule has 0 radical (unpaired) electrons. The first kappa shape index (κ1) is 15.5. The van der Waals surface area contributed by atoms with Gasteiger partial charge >= 0.3 is 0 Å². The normalized spacial score (nSPS) is 16.5. The molecular formula is C16H20FNO3. The van der Waals surface area contributed by atoms with E-state index >= 15 is 0 Å². The quantitative estimate of drug-likeness (QED) is 0.849. The summed E-state index contributed by atoms with van der Waals surface area (Å²) in [5, 5.41) is 2.92. The summed E-state index contributed by atoms with van der Waals surface area (Å²) in [6, 6.07) is 3.90. The second kappa shape index (κ2) is 6.70. The molecule has 1 fully saturated rings. The number of rotatable bonds is 5. The lowest BCUT2D eigenvalue weighted by Crippen LogP contribution is -2.41. The fraction of sp³-hybridized carbons (Fsp3) is 0.500. The molecule has 1 unspecified atom stereocenters. The Morgan fingerprint density at radius 3 is 2.62 bits per heavy atom. The summed E-state index contributed by atoms with van der Waals surface area (Å²) in [6.45, 7) is 2.97. The zero-order valence-electron chi connectivity index (χ0n) is 12.3. The van der Waals surface area contributed by atoms with E-state index in [4.69, 9.17) is 4.74 Å². The molecule has 0 saturated heterocycles. The van der Waals surface area contributed by atoms with Crippen molar-refractivity contribution in [2.24, 2.45) is 0 Å². The highest BCUT2D eigenvalue weighted by Crippen LogP contribution is 2.22. The van der Waals surface area contributed by atoms with Crippen LogP contribution >= 0.6 is 0 Å². The van der Waals surface area contributed by atoms with Gasteiger partial charge in [0.1, 0.15) is 11.6 Å². The van der Waals surface area contributed by atoms with E-state index in [0.29, 0.717) is 0 Å². The van der Waals surface area contributed by atoms with E-state index in [-0.39, 0.29) is 29.0 Å². The Balaban J connectivity index is 2.04. The van der Waals surface area contributed by atoms with E-state index in [1.807, 2.05) is 0 Å². The number of carbonyl (C=O) groups is 2. The molecule has 0 bridgehead atoms. The van der Waals surface area contributed by atoms with Crippen molar-refractivity contribution in [2.75, 3.05) is 0 Å². The Morgan fingerprint density at radius 1 is 1.33 bits per heavy atom. The maximum atomic E-state index is 13.3. The zero-order chi connectivity index (χ0) is 15.4. The predicted octanol–water partition coefficient (Wildman–Crippen LogP) is 2.85. The number of hydrogen-bond donors (Lipinski definition) is 1. The van der Waals surface area contributed by atoms with Crippen molar-refractivity contribution in [3.63, 3.8) is 0 Å². The summed E-state index contributed by atoms with van der Waals surface area (Å²) in [5.41, 5.74) is 0.275. The molecule has 1 amide bonds. The number of halogens is 1. The molecule has 5 heteroatoms. The van der Waals surface area contributed by atoms with Crippen molar-refractivity contribution in [1.82, 2.24) is 5.32 Å². The SMILES string of the molecule is CC(=O)c1ccc(F)cc1OC(C)C(=O)NC1CCCC1. The number of ether oxygens (including phenoxy) is 1. The molecule has 0 heterocycles. The third kappa shape index (κ3) is 4.03. The lowest BCUT2D eigenvalue weighted by atomic mass is 10.1. The molecule has 0 aliphatic heterocycles. The van der Waals surface area contributed by atoms with Crippen LogP contribution in [-0.2, 0) is 4.79 Å². The molecule has 2 rings (SSSR count). The van der Waals surface area contributed by atoms with Gasteiger partial charge in [0.15, 0.2) is 11.9 Å². The number of ketones is 1. The van der Waals surface area contributed by atoms with Crippen molar-refractivity contribution in [3.05, 3.63) is 29.6 Å². The third-order valence-electron chi connectivity index (χ3n) is 3.70. The molecule has 21 heavy (non-hydrogen) atoms. The minimum absolute atomic E-state index is 0.108. The summed E-state index contributed by atoms with van der Waals surface area (Å²) in [5.74, 6) is -0.857. The summed E-state index contributed by atoms with van der Waals surface area (Å²) in [7, 11) is 0. The average Bonchev–Trinajstić information content (AvgIpc) is 2.91. The van der Waals surface area contributed by atoms with E-state index in [0.717, 1.165) is 31.7 Å². The highest BCUT2D eigenvalue weighted by molar-refractivity contribution is 5.97. The van der Waals surface area contributed by atoms with E-state index < -0.39 is 11.9 Å². The van der Waals surface area contributed by atoms with E-state index in [2.05, 4.69) is 5.32 Å². The largest absolute Gasteiger partial charge is 0.480 e. The van der Waals surface area contributed by atoms with E-state index in [1.54, 1.807) is 6.92 Å². The highest BCUT2D eigenvalue weighted by Gasteiger charge is 2.23. The summed E-state index contributed by atoms with van der Waals surface area (Å²) < 4.78 is 18.8. The first-order valence-corrected chi connectivity index (χ1v) is 7.25. The molecule has 4 nitrogen and oxygen atoms in total. The molecule has 1 aliphatic rings. The Labute approximate surface area is 123 Å². The second-order valence-electron chi connectivity index (χ2n) is 5.45. The van der Waals surface area contributed by atoms with Gasteiger partial charge < -0.3 is 10.1 Å². The fourth-order valence-electron chi connectivity index (χ4n) is 2.52. The van der Waals surface area contributed by atoms with Crippen LogP contribution in [0.2, 0.25) is 0 Å². The predicted molar refractivity (Wildman–Crippen MR) is 76.9 cm³/mol. The molecule has 1 N–H and O–H groups in total. The minimum atomic E-state index is -0.773. The smallest absolute Gasteiger partial charge is 0.260 e. The Kier molecular flexibility index (Phi) is 4.94. The van der Waals surface area contributed by atoms with Crippen LogP contribution in [0.25, 0.3) is 0 Å². The van der Waals surface area contributed by atoms with Gasteiger partial charge in [-0.3, -0.25) is 9.59 Å². The van der Waals surface area contributed by atoms with Gasteiger partial charge in [0.05, 0.1) is 5.56 Å². The van der Waals surface area contributed by atoms with Crippen molar-refractivity contribution >= 4 is 11.7 Å². The highest BCUT2D eigenvalue weighted by atomic mass is 19.1. The van der Waals surface area contributed by atoms with Gasteiger partial charge in [0, 0.05) is 12.1 Å². The molecule has 1 atom stereocenters. The Bertz CT molecular complexity index is 538. The molecule has 1 aromatic carbocycles. The molecule has 0 spiro atoms. The fourth-order valence-corrected chi connectivity index (χ4v) is 2.52. The molecular weight excluding hydrogens is 273 g/mol. The first-order valence-electron chi connectivity index (χ1n) is 7.25. The maximum Gasteiger partial charge on any atom is 0.260 e. The van der Waals surface area contributed by atoms with Gasteiger partial charge in [0.25, 0.3) is 5.91 Å². The number of amides is 1. The number of carbonyl (C=O) groups excluding carboxylic acids is 2. The van der Waals surface area contributed by atoms with Crippen LogP contribution in [0.15, 0.2) is 18.2 Å². The first-order chi connectivity index (χ1) is 9.97. The number of nitrogens with one attached hydrogen (secondary N) is 1. The van der Waals surface area contributed by atoms with Crippen LogP contribution in [0.4, 0.5) is 4.39 Å².